The lowest BCUT2D eigenvalue weighted by atomic mass is 10.3. The molecule has 2 aliphatic heterocycles. The van der Waals surface area contributed by atoms with E-state index in [1.165, 1.54) is 0 Å². The van der Waals surface area contributed by atoms with Crippen molar-refractivity contribution in [2.24, 2.45) is 0 Å². The molecule has 1 aromatic rings. The molecule has 1 aromatic heterocycles. The minimum atomic E-state index is 0.904. The lowest BCUT2D eigenvalue weighted by molar-refractivity contribution is 0.270. The summed E-state index contributed by atoms with van der Waals surface area (Å²) >= 11 is 0. The van der Waals surface area contributed by atoms with Gasteiger partial charge in [0.25, 0.3) is 0 Å². The Kier molecular flexibility index (Phi) is 4.78. The summed E-state index contributed by atoms with van der Waals surface area (Å²) in [6, 6.07) is 2.13. The summed E-state index contributed by atoms with van der Waals surface area (Å²) < 4.78 is 0. The van der Waals surface area contributed by atoms with Gasteiger partial charge in [0.15, 0.2) is 0 Å². The van der Waals surface area contributed by atoms with Crippen LogP contribution in [0, 0.1) is 6.92 Å². The minimum Gasteiger partial charge on any atom is -0.354 e. The highest BCUT2D eigenvalue weighted by Gasteiger charge is 2.21. The highest BCUT2D eigenvalue weighted by atomic mass is 15.3. The van der Waals surface area contributed by atoms with Crippen LogP contribution in [0.5, 0.6) is 0 Å². The van der Waals surface area contributed by atoms with Crippen molar-refractivity contribution in [1.29, 1.82) is 0 Å². The average Bonchev–Trinajstić information content (AvgIpc) is 2.55. The Bertz CT molecular complexity index is 489. The topological polar surface area (TPSA) is 38.7 Å². The first-order valence-electron chi connectivity index (χ1n) is 8.42. The maximum atomic E-state index is 4.86. The van der Waals surface area contributed by atoms with Crippen molar-refractivity contribution in [2.75, 3.05) is 75.8 Å². The molecule has 0 spiro atoms. The Morgan fingerprint density at radius 1 is 0.909 bits per heavy atom. The zero-order valence-electron chi connectivity index (χ0n) is 14.1. The zero-order valence-corrected chi connectivity index (χ0v) is 14.1. The second-order valence-electron chi connectivity index (χ2n) is 6.38. The van der Waals surface area contributed by atoms with E-state index < -0.39 is 0 Å². The van der Waals surface area contributed by atoms with Gasteiger partial charge in [-0.15, -0.1) is 0 Å². The largest absolute Gasteiger partial charge is 0.354 e. The van der Waals surface area contributed by atoms with Gasteiger partial charge in [0, 0.05) is 64.1 Å². The number of anilines is 2. The zero-order chi connectivity index (χ0) is 15.5. The highest BCUT2D eigenvalue weighted by molar-refractivity contribution is 5.46. The van der Waals surface area contributed by atoms with Crippen LogP contribution in [0.2, 0.25) is 0 Å². The number of hydrogen-bond donors (Lipinski definition) is 0. The lowest BCUT2D eigenvalue weighted by Gasteiger charge is -2.36. The van der Waals surface area contributed by atoms with E-state index in [1.54, 1.807) is 0 Å². The first kappa shape index (κ1) is 15.5. The van der Waals surface area contributed by atoms with E-state index in [2.05, 4.69) is 51.5 Å². The number of rotatable bonds is 3. The van der Waals surface area contributed by atoms with Gasteiger partial charge >= 0.3 is 0 Å². The van der Waals surface area contributed by atoms with Crippen LogP contribution >= 0.6 is 0 Å². The van der Waals surface area contributed by atoms with Crippen molar-refractivity contribution >= 4 is 11.8 Å². The molecular weight excluding hydrogens is 276 g/mol. The number of piperazine rings is 2. The molecule has 0 amide bonds. The van der Waals surface area contributed by atoms with Crippen LogP contribution in [-0.4, -0.2) is 85.7 Å². The Morgan fingerprint density at radius 2 is 1.55 bits per heavy atom. The first-order valence-corrected chi connectivity index (χ1v) is 8.42. The average molecular weight is 304 g/mol. The third-order valence-electron chi connectivity index (χ3n) is 4.76. The third kappa shape index (κ3) is 3.50. The fraction of sp³-hybridized carbons (Fsp3) is 0.750. The number of aromatic nitrogens is 2. The number of likely N-dealkylation sites (N-methyl/N-ethyl adjacent to an activating group) is 2. The molecule has 0 N–H and O–H groups in total. The van der Waals surface area contributed by atoms with E-state index in [4.69, 9.17) is 4.98 Å². The molecule has 0 saturated carbocycles. The Balaban J connectivity index is 1.73. The van der Waals surface area contributed by atoms with Gasteiger partial charge in [-0.3, -0.25) is 0 Å². The molecule has 22 heavy (non-hydrogen) atoms. The maximum absolute atomic E-state index is 4.86. The van der Waals surface area contributed by atoms with Gasteiger partial charge in [-0.05, 0) is 20.5 Å². The molecule has 0 aliphatic carbocycles. The van der Waals surface area contributed by atoms with Crippen LogP contribution in [0.4, 0.5) is 11.8 Å². The van der Waals surface area contributed by atoms with Gasteiger partial charge in [0.2, 0.25) is 5.95 Å². The summed E-state index contributed by atoms with van der Waals surface area (Å²) in [6.45, 7) is 14.0. The van der Waals surface area contributed by atoms with Crippen molar-refractivity contribution in [3.63, 3.8) is 0 Å². The minimum absolute atomic E-state index is 0.904. The maximum Gasteiger partial charge on any atom is 0.227 e. The van der Waals surface area contributed by atoms with Crippen LogP contribution in [0.3, 0.4) is 0 Å². The van der Waals surface area contributed by atoms with Gasteiger partial charge in [-0.1, -0.05) is 6.92 Å². The van der Waals surface area contributed by atoms with Gasteiger partial charge in [0.05, 0.1) is 0 Å². The van der Waals surface area contributed by atoms with E-state index in [0.29, 0.717) is 0 Å². The summed E-state index contributed by atoms with van der Waals surface area (Å²) in [5.41, 5.74) is 1.07. The lowest BCUT2D eigenvalue weighted by Crippen LogP contribution is -2.47. The van der Waals surface area contributed by atoms with E-state index in [9.17, 15) is 0 Å². The molecule has 3 heterocycles. The molecule has 0 bridgehead atoms. The summed E-state index contributed by atoms with van der Waals surface area (Å²) in [5.74, 6) is 2.00. The number of nitrogens with zero attached hydrogens (tertiary/aromatic N) is 6. The predicted molar refractivity (Wildman–Crippen MR) is 90.8 cm³/mol. The van der Waals surface area contributed by atoms with Crippen LogP contribution in [0.25, 0.3) is 0 Å². The Labute approximate surface area is 133 Å². The molecule has 2 fully saturated rings. The highest BCUT2D eigenvalue weighted by Crippen LogP contribution is 2.19. The smallest absolute Gasteiger partial charge is 0.227 e. The van der Waals surface area contributed by atoms with E-state index in [1.807, 2.05) is 0 Å². The molecule has 0 radical (unpaired) electrons. The van der Waals surface area contributed by atoms with Crippen LogP contribution < -0.4 is 9.80 Å². The summed E-state index contributed by atoms with van der Waals surface area (Å²) in [5, 5.41) is 0. The van der Waals surface area contributed by atoms with Crippen molar-refractivity contribution in [1.82, 2.24) is 19.8 Å². The molecule has 6 heteroatoms. The van der Waals surface area contributed by atoms with Gasteiger partial charge in [-0.2, -0.15) is 4.98 Å². The molecule has 2 aliphatic rings. The van der Waals surface area contributed by atoms with E-state index in [-0.39, 0.29) is 0 Å². The molecule has 122 valence electrons. The normalized spacial score (nSPS) is 21.4. The monoisotopic (exact) mass is 304 g/mol. The Hall–Kier alpha value is -1.40. The fourth-order valence-corrected chi connectivity index (χ4v) is 3.14. The molecule has 0 atom stereocenters. The van der Waals surface area contributed by atoms with E-state index in [0.717, 1.165) is 76.4 Å². The SMILES string of the molecule is CCN1CCN(c2cc(C)nc(N3CCN(C)CC3)n2)CC1. The number of hydrogen-bond acceptors (Lipinski definition) is 6. The number of aryl methyl sites for hydroxylation is 1. The van der Waals surface area contributed by atoms with E-state index >= 15 is 0 Å². The van der Waals surface area contributed by atoms with Crippen molar-refractivity contribution in [2.45, 2.75) is 13.8 Å². The van der Waals surface area contributed by atoms with Crippen molar-refractivity contribution in [3.05, 3.63) is 11.8 Å². The summed E-state index contributed by atoms with van der Waals surface area (Å²) in [6.07, 6.45) is 0. The van der Waals surface area contributed by atoms with Crippen molar-refractivity contribution in [3.8, 4) is 0 Å². The second-order valence-corrected chi connectivity index (χ2v) is 6.38. The molecule has 2 saturated heterocycles. The van der Waals surface area contributed by atoms with Crippen molar-refractivity contribution < 1.29 is 0 Å². The first-order chi connectivity index (χ1) is 10.7. The fourth-order valence-electron chi connectivity index (χ4n) is 3.14. The van der Waals surface area contributed by atoms with Gasteiger partial charge < -0.3 is 19.6 Å². The summed E-state index contributed by atoms with van der Waals surface area (Å²) in [7, 11) is 2.17. The van der Waals surface area contributed by atoms with Crippen LogP contribution in [-0.2, 0) is 0 Å². The third-order valence-corrected chi connectivity index (χ3v) is 4.76. The van der Waals surface area contributed by atoms with Crippen LogP contribution in [0.1, 0.15) is 12.6 Å². The quantitative estimate of drug-likeness (QED) is 0.818. The molecule has 0 unspecified atom stereocenters. The molecule has 3 rings (SSSR count). The molecule has 6 nitrogen and oxygen atoms in total. The summed E-state index contributed by atoms with van der Waals surface area (Å²) in [4.78, 5) is 19.1. The van der Waals surface area contributed by atoms with Gasteiger partial charge in [0.1, 0.15) is 5.82 Å². The standard InChI is InChI=1S/C16H28N6/c1-4-20-7-11-21(12-8-20)15-13-14(2)17-16(18-15)22-9-5-19(3)6-10-22/h13H,4-12H2,1-3H3. The van der Waals surface area contributed by atoms with Gasteiger partial charge in [-0.25, -0.2) is 4.98 Å². The second kappa shape index (κ2) is 6.79. The predicted octanol–water partition coefficient (Wildman–Crippen LogP) is 0.679. The molecule has 0 aromatic carbocycles. The Morgan fingerprint density at radius 3 is 2.18 bits per heavy atom. The molecular formula is C16H28N6. The van der Waals surface area contributed by atoms with Crippen LogP contribution in [0.15, 0.2) is 6.07 Å².